The Morgan fingerprint density at radius 2 is 2.11 bits per heavy atom. The lowest BCUT2D eigenvalue weighted by Crippen LogP contribution is -2.09. The molecule has 0 radical (unpaired) electrons. The monoisotopic (exact) mass is 129 g/mol. The molecule has 54 valence electrons. The maximum absolute atomic E-state index is 5.03. The molecule has 1 heterocycles. The van der Waals surface area contributed by atoms with Gasteiger partial charge < -0.3 is 4.74 Å². The number of nitrogens with zero attached hydrogens (tertiary/aromatic N) is 1. The predicted molar refractivity (Wildman–Crippen MR) is 39.9 cm³/mol. The number of rotatable bonds is 0. The lowest BCUT2D eigenvalue weighted by atomic mass is 10.4. The first-order valence-electron chi connectivity index (χ1n) is 3.53. The number of hydrogen-bond donors (Lipinski definition) is 0. The largest absolute Gasteiger partial charge is 0.481 e. The molecule has 0 amide bonds. The summed E-state index contributed by atoms with van der Waals surface area (Å²) in [5.41, 5.74) is 0. The molecule has 0 unspecified atom stereocenters. The smallest absolute Gasteiger partial charge is 0.179 e. The highest BCUT2D eigenvalue weighted by atomic mass is 16.5. The molecule has 0 saturated carbocycles. The molecule has 0 spiro atoms. The average Bonchev–Trinajstić information content (AvgIpc) is 1.94. The van der Waals surface area contributed by atoms with E-state index in [0.717, 1.165) is 25.5 Å². The Bertz CT molecular complexity index is 88.9. The molecule has 1 aliphatic heterocycles. The van der Waals surface area contributed by atoms with Crippen LogP contribution >= 0.6 is 0 Å². The van der Waals surface area contributed by atoms with E-state index in [2.05, 4.69) is 4.99 Å². The fourth-order valence-electron chi connectivity index (χ4n) is 0.567. The predicted octanol–water partition coefficient (Wildman–Crippen LogP) is 1.85. The third kappa shape index (κ3) is 4.01. The van der Waals surface area contributed by atoms with E-state index in [4.69, 9.17) is 4.74 Å². The Balaban J connectivity index is 0.000000291. The number of aliphatic imine (C=N–C) groups is 1. The standard InChI is InChI=1S/C5H9NO.C2H6/c1-5-6-3-2-4-7-5;1-2/h2-4H2,1H3;1-2H3. The molecule has 0 atom stereocenters. The maximum atomic E-state index is 5.03. The zero-order chi connectivity index (χ0) is 7.11. The van der Waals surface area contributed by atoms with Gasteiger partial charge in [-0.2, -0.15) is 0 Å². The van der Waals surface area contributed by atoms with Crippen molar-refractivity contribution < 1.29 is 4.74 Å². The van der Waals surface area contributed by atoms with Gasteiger partial charge in [0.1, 0.15) is 0 Å². The molecule has 2 heteroatoms. The lowest BCUT2D eigenvalue weighted by molar-refractivity contribution is 0.280. The fraction of sp³-hybridized carbons (Fsp3) is 0.857. The Hall–Kier alpha value is -0.530. The molecule has 0 saturated heterocycles. The molecule has 9 heavy (non-hydrogen) atoms. The third-order valence-corrected chi connectivity index (χ3v) is 0.948. The summed E-state index contributed by atoms with van der Waals surface area (Å²) in [6.45, 7) is 7.69. The zero-order valence-electron chi connectivity index (χ0n) is 6.48. The van der Waals surface area contributed by atoms with E-state index >= 15 is 0 Å². The Morgan fingerprint density at radius 1 is 1.44 bits per heavy atom. The summed E-state index contributed by atoms with van der Waals surface area (Å²) in [7, 11) is 0. The fourth-order valence-corrected chi connectivity index (χ4v) is 0.567. The van der Waals surface area contributed by atoms with E-state index in [1.807, 2.05) is 20.8 Å². The second kappa shape index (κ2) is 5.60. The molecule has 0 aromatic heterocycles. The van der Waals surface area contributed by atoms with Crippen molar-refractivity contribution in [3.63, 3.8) is 0 Å². The van der Waals surface area contributed by atoms with Crippen molar-refractivity contribution in [1.29, 1.82) is 0 Å². The molecular weight excluding hydrogens is 114 g/mol. The van der Waals surface area contributed by atoms with Gasteiger partial charge in [0.2, 0.25) is 0 Å². The van der Waals surface area contributed by atoms with Crippen molar-refractivity contribution in [3.8, 4) is 0 Å². The van der Waals surface area contributed by atoms with Gasteiger partial charge in [0, 0.05) is 19.9 Å². The normalized spacial score (nSPS) is 16.6. The molecule has 0 bridgehead atoms. The Kier molecular flexibility index (Phi) is 5.27. The molecule has 1 aliphatic rings. The van der Waals surface area contributed by atoms with Crippen LogP contribution in [0.2, 0.25) is 0 Å². The highest BCUT2D eigenvalue weighted by Crippen LogP contribution is 1.93. The summed E-state index contributed by atoms with van der Waals surface area (Å²) in [4.78, 5) is 4.02. The van der Waals surface area contributed by atoms with Crippen LogP contribution in [-0.2, 0) is 4.74 Å². The summed E-state index contributed by atoms with van der Waals surface area (Å²) in [6, 6.07) is 0. The second-order valence-electron chi connectivity index (χ2n) is 1.60. The number of ether oxygens (including phenoxy) is 1. The van der Waals surface area contributed by atoms with Gasteiger partial charge in [-0.25, -0.2) is 0 Å². The molecule has 0 N–H and O–H groups in total. The Morgan fingerprint density at radius 3 is 2.33 bits per heavy atom. The minimum atomic E-state index is 0.839. The van der Waals surface area contributed by atoms with Crippen LogP contribution in [0.4, 0.5) is 0 Å². The molecule has 0 aromatic carbocycles. The van der Waals surface area contributed by atoms with E-state index < -0.39 is 0 Å². The van der Waals surface area contributed by atoms with Crippen LogP contribution in [0, 0.1) is 0 Å². The number of hydrogen-bond acceptors (Lipinski definition) is 2. The highest BCUT2D eigenvalue weighted by Gasteiger charge is 1.96. The van der Waals surface area contributed by atoms with Crippen LogP contribution in [-0.4, -0.2) is 19.0 Å². The highest BCUT2D eigenvalue weighted by molar-refractivity contribution is 5.73. The SMILES string of the molecule is CC.CC1=NCCCO1. The van der Waals surface area contributed by atoms with E-state index in [1.165, 1.54) is 0 Å². The van der Waals surface area contributed by atoms with Crippen LogP contribution in [0.1, 0.15) is 27.2 Å². The van der Waals surface area contributed by atoms with Crippen LogP contribution in [0.3, 0.4) is 0 Å². The van der Waals surface area contributed by atoms with E-state index in [9.17, 15) is 0 Å². The average molecular weight is 129 g/mol. The quantitative estimate of drug-likeness (QED) is 0.489. The van der Waals surface area contributed by atoms with Crippen LogP contribution < -0.4 is 0 Å². The van der Waals surface area contributed by atoms with Gasteiger partial charge in [-0.05, 0) is 0 Å². The maximum Gasteiger partial charge on any atom is 0.179 e. The van der Waals surface area contributed by atoms with Crippen LogP contribution in [0.25, 0.3) is 0 Å². The van der Waals surface area contributed by atoms with E-state index in [0.29, 0.717) is 0 Å². The summed E-state index contributed by atoms with van der Waals surface area (Å²) < 4.78 is 5.03. The van der Waals surface area contributed by atoms with Crippen LogP contribution in [0.5, 0.6) is 0 Å². The summed E-state index contributed by atoms with van der Waals surface area (Å²) in [5, 5.41) is 0. The van der Waals surface area contributed by atoms with Crippen molar-refractivity contribution >= 4 is 5.90 Å². The van der Waals surface area contributed by atoms with Crippen LogP contribution in [0.15, 0.2) is 4.99 Å². The van der Waals surface area contributed by atoms with Gasteiger partial charge in [-0.1, -0.05) is 13.8 Å². The van der Waals surface area contributed by atoms with Gasteiger partial charge >= 0.3 is 0 Å². The lowest BCUT2D eigenvalue weighted by Gasteiger charge is -2.08. The summed E-state index contributed by atoms with van der Waals surface area (Å²) in [6.07, 6.45) is 1.08. The van der Waals surface area contributed by atoms with Crippen molar-refractivity contribution in [1.82, 2.24) is 0 Å². The zero-order valence-corrected chi connectivity index (χ0v) is 6.48. The minimum absolute atomic E-state index is 0.839. The first-order valence-corrected chi connectivity index (χ1v) is 3.53. The van der Waals surface area contributed by atoms with Gasteiger partial charge in [-0.3, -0.25) is 4.99 Å². The van der Waals surface area contributed by atoms with Crippen molar-refractivity contribution in [2.75, 3.05) is 13.2 Å². The van der Waals surface area contributed by atoms with Gasteiger partial charge in [-0.15, -0.1) is 0 Å². The van der Waals surface area contributed by atoms with Gasteiger partial charge in [0.05, 0.1) is 6.61 Å². The Labute approximate surface area is 56.9 Å². The minimum Gasteiger partial charge on any atom is -0.481 e. The van der Waals surface area contributed by atoms with E-state index in [1.54, 1.807) is 0 Å². The summed E-state index contributed by atoms with van der Waals surface area (Å²) in [5.74, 6) is 0.839. The molecule has 0 aromatic rings. The topological polar surface area (TPSA) is 21.6 Å². The van der Waals surface area contributed by atoms with Gasteiger partial charge in [0.15, 0.2) is 5.90 Å². The second-order valence-corrected chi connectivity index (χ2v) is 1.60. The van der Waals surface area contributed by atoms with E-state index in [-0.39, 0.29) is 0 Å². The molecule has 0 fully saturated rings. The van der Waals surface area contributed by atoms with Gasteiger partial charge in [0.25, 0.3) is 0 Å². The molecule has 0 aliphatic carbocycles. The molecular formula is C7H15NO. The van der Waals surface area contributed by atoms with Crippen molar-refractivity contribution in [2.24, 2.45) is 4.99 Å². The first kappa shape index (κ1) is 8.47. The summed E-state index contributed by atoms with van der Waals surface area (Å²) >= 11 is 0. The molecule has 1 rings (SSSR count). The first-order chi connectivity index (χ1) is 4.39. The third-order valence-electron chi connectivity index (χ3n) is 0.948. The van der Waals surface area contributed by atoms with Crippen molar-refractivity contribution in [3.05, 3.63) is 0 Å². The molecule has 2 nitrogen and oxygen atoms in total. The van der Waals surface area contributed by atoms with Crippen molar-refractivity contribution in [2.45, 2.75) is 27.2 Å².